The number of benzene rings is 1. The van der Waals surface area contributed by atoms with E-state index in [2.05, 4.69) is 9.97 Å². The van der Waals surface area contributed by atoms with Crippen LogP contribution in [0.4, 0.5) is 0 Å². The van der Waals surface area contributed by atoms with E-state index in [-0.39, 0.29) is 12.0 Å². The number of aryl methyl sites for hydroxylation is 1. The Labute approximate surface area is 152 Å². The van der Waals surface area contributed by atoms with E-state index in [0.29, 0.717) is 41.9 Å². The summed E-state index contributed by atoms with van der Waals surface area (Å²) >= 11 is 0. The number of nitrogens with zero attached hydrogens (tertiary/aromatic N) is 3. The predicted molar refractivity (Wildman–Crippen MR) is 95.9 cm³/mol. The van der Waals surface area contributed by atoms with Crippen molar-refractivity contribution in [3.63, 3.8) is 0 Å². The molecule has 1 aromatic carbocycles. The lowest BCUT2D eigenvalue weighted by Crippen LogP contribution is -2.42. The van der Waals surface area contributed by atoms with Crippen molar-refractivity contribution in [1.82, 2.24) is 14.9 Å². The first-order chi connectivity index (χ1) is 12.6. The first-order valence-corrected chi connectivity index (χ1v) is 8.59. The van der Waals surface area contributed by atoms with Crippen LogP contribution in [-0.2, 0) is 0 Å². The Hall–Kier alpha value is -2.83. The molecule has 1 aliphatic rings. The zero-order valence-electron chi connectivity index (χ0n) is 15.3. The summed E-state index contributed by atoms with van der Waals surface area (Å²) in [5, 5.41) is 0. The van der Waals surface area contributed by atoms with Crippen molar-refractivity contribution in [2.24, 2.45) is 0 Å². The molecular formula is C19H23N3O4. The van der Waals surface area contributed by atoms with Gasteiger partial charge in [-0.3, -0.25) is 4.79 Å². The molecule has 0 radical (unpaired) electrons. The number of carbonyl (C=O) groups is 1. The topological polar surface area (TPSA) is 73.8 Å². The number of hydrogen-bond donors (Lipinski definition) is 0. The average molecular weight is 357 g/mol. The zero-order chi connectivity index (χ0) is 18.5. The van der Waals surface area contributed by atoms with Crippen LogP contribution in [0.5, 0.6) is 17.4 Å². The molecule has 0 spiro atoms. The molecular weight excluding hydrogens is 334 g/mol. The van der Waals surface area contributed by atoms with Gasteiger partial charge in [-0.1, -0.05) is 6.07 Å². The standard InChI is InChI=1S/C19H23N3O4/c1-13-20-10-7-17(21-13)26-14-8-11-22(12-9-14)19(23)15-5-4-6-16(24-2)18(15)25-3/h4-7,10,14H,8-9,11-12H2,1-3H3. The highest BCUT2D eigenvalue weighted by Gasteiger charge is 2.27. The first-order valence-electron chi connectivity index (χ1n) is 8.59. The van der Waals surface area contributed by atoms with E-state index in [4.69, 9.17) is 14.2 Å². The van der Waals surface area contributed by atoms with Gasteiger partial charge in [0.25, 0.3) is 5.91 Å². The van der Waals surface area contributed by atoms with Gasteiger partial charge in [0.1, 0.15) is 11.9 Å². The average Bonchev–Trinajstić information content (AvgIpc) is 2.67. The van der Waals surface area contributed by atoms with Gasteiger partial charge in [0.05, 0.1) is 19.8 Å². The number of para-hydroxylation sites is 1. The lowest BCUT2D eigenvalue weighted by molar-refractivity contribution is 0.0584. The third-order valence-electron chi connectivity index (χ3n) is 4.40. The van der Waals surface area contributed by atoms with Crippen molar-refractivity contribution in [3.05, 3.63) is 41.9 Å². The molecule has 1 saturated heterocycles. The summed E-state index contributed by atoms with van der Waals surface area (Å²) in [5.41, 5.74) is 0.512. The van der Waals surface area contributed by atoms with E-state index in [9.17, 15) is 4.79 Å². The van der Waals surface area contributed by atoms with E-state index >= 15 is 0 Å². The number of hydrogen-bond acceptors (Lipinski definition) is 6. The van der Waals surface area contributed by atoms with E-state index in [1.165, 1.54) is 0 Å². The van der Waals surface area contributed by atoms with Gasteiger partial charge in [-0.05, 0) is 19.1 Å². The van der Waals surface area contributed by atoms with Crippen molar-refractivity contribution < 1.29 is 19.0 Å². The number of ether oxygens (including phenoxy) is 3. The number of methoxy groups -OCH3 is 2. The van der Waals surface area contributed by atoms with Gasteiger partial charge in [-0.2, -0.15) is 4.98 Å². The van der Waals surface area contributed by atoms with E-state index in [1.54, 1.807) is 44.7 Å². The molecule has 0 bridgehead atoms. The molecule has 1 aliphatic heterocycles. The minimum Gasteiger partial charge on any atom is -0.493 e. The van der Waals surface area contributed by atoms with Crippen LogP contribution in [0.25, 0.3) is 0 Å². The highest BCUT2D eigenvalue weighted by atomic mass is 16.5. The molecule has 0 atom stereocenters. The SMILES string of the molecule is COc1cccc(C(=O)N2CCC(Oc3ccnc(C)n3)CC2)c1OC. The second-order valence-electron chi connectivity index (χ2n) is 6.09. The van der Waals surface area contributed by atoms with Crippen LogP contribution in [0.1, 0.15) is 29.0 Å². The van der Waals surface area contributed by atoms with E-state index in [0.717, 1.165) is 12.8 Å². The third kappa shape index (κ3) is 3.87. The molecule has 1 fully saturated rings. The number of carbonyl (C=O) groups excluding carboxylic acids is 1. The van der Waals surface area contributed by atoms with Crippen LogP contribution < -0.4 is 14.2 Å². The van der Waals surface area contributed by atoms with Gasteiger partial charge >= 0.3 is 0 Å². The Morgan fingerprint density at radius 3 is 2.58 bits per heavy atom. The quantitative estimate of drug-likeness (QED) is 0.818. The van der Waals surface area contributed by atoms with Crippen LogP contribution in [0, 0.1) is 6.92 Å². The van der Waals surface area contributed by atoms with Crippen LogP contribution >= 0.6 is 0 Å². The van der Waals surface area contributed by atoms with E-state index in [1.807, 2.05) is 11.8 Å². The molecule has 0 saturated carbocycles. The van der Waals surface area contributed by atoms with Crippen molar-refractivity contribution in [1.29, 1.82) is 0 Å². The lowest BCUT2D eigenvalue weighted by Gasteiger charge is -2.32. The molecule has 2 aromatic rings. The summed E-state index contributed by atoms with van der Waals surface area (Å²) in [6.07, 6.45) is 3.23. The predicted octanol–water partition coefficient (Wildman–Crippen LogP) is 2.49. The van der Waals surface area contributed by atoms with Crippen LogP contribution in [0.3, 0.4) is 0 Å². The molecule has 0 unspecified atom stereocenters. The van der Waals surface area contributed by atoms with Crippen LogP contribution in [0.2, 0.25) is 0 Å². The summed E-state index contributed by atoms with van der Waals surface area (Å²) in [6, 6.07) is 7.09. The van der Waals surface area contributed by atoms with Crippen molar-refractivity contribution in [3.8, 4) is 17.4 Å². The highest BCUT2D eigenvalue weighted by molar-refractivity contribution is 5.97. The number of likely N-dealkylation sites (tertiary alicyclic amines) is 1. The van der Waals surface area contributed by atoms with Crippen LogP contribution in [-0.4, -0.2) is 54.2 Å². The smallest absolute Gasteiger partial charge is 0.257 e. The highest BCUT2D eigenvalue weighted by Crippen LogP contribution is 2.32. The maximum absolute atomic E-state index is 12.9. The number of piperidine rings is 1. The Morgan fingerprint density at radius 1 is 1.15 bits per heavy atom. The summed E-state index contributed by atoms with van der Waals surface area (Å²) in [4.78, 5) is 23.0. The summed E-state index contributed by atoms with van der Waals surface area (Å²) in [5.74, 6) is 2.22. The molecule has 138 valence electrons. The van der Waals surface area contributed by atoms with E-state index < -0.39 is 0 Å². The van der Waals surface area contributed by atoms with Gasteiger partial charge < -0.3 is 19.1 Å². The van der Waals surface area contributed by atoms with Crippen molar-refractivity contribution in [2.45, 2.75) is 25.9 Å². The third-order valence-corrected chi connectivity index (χ3v) is 4.40. The van der Waals surface area contributed by atoms with Gasteiger partial charge in [0.2, 0.25) is 5.88 Å². The Morgan fingerprint density at radius 2 is 1.92 bits per heavy atom. The molecule has 7 heteroatoms. The largest absolute Gasteiger partial charge is 0.493 e. The molecule has 2 heterocycles. The fourth-order valence-electron chi connectivity index (χ4n) is 3.07. The number of amides is 1. The van der Waals surface area contributed by atoms with Crippen molar-refractivity contribution in [2.75, 3.05) is 27.3 Å². The normalized spacial score (nSPS) is 14.8. The van der Waals surface area contributed by atoms with Gasteiger partial charge in [0, 0.05) is 38.2 Å². The molecule has 0 N–H and O–H groups in total. The Balaban J connectivity index is 1.64. The molecule has 3 rings (SSSR count). The summed E-state index contributed by atoms with van der Waals surface area (Å²) in [7, 11) is 3.10. The van der Waals surface area contributed by atoms with Gasteiger partial charge in [0.15, 0.2) is 11.5 Å². The number of aromatic nitrogens is 2. The molecule has 26 heavy (non-hydrogen) atoms. The monoisotopic (exact) mass is 357 g/mol. The lowest BCUT2D eigenvalue weighted by atomic mass is 10.1. The van der Waals surface area contributed by atoms with Crippen molar-refractivity contribution >= 4 is 5.91 Å². The second kappa shape index (κ2) is 8.03. The number of rotatable bonds is 5. The molecule has 1 aromatic heterocycles. The molecule has 7 nitrogen and oxygen atoms in total. The zero-order valence-corrected chi connectivity index (χ0v) is 15.3. The Bertz CT molecular complexity index is 773. The summed E-state index contributed by atoms with van der Waals surface area (Å²) < 4.78 is 16.6. The second-order valence-corrected chi connectivity index (χ2v) is 6.09. The Kier molecular flexibility index (Phi) is 5.55. The minimum atomic E-state index is -0.0583. The fraction of sp³-hybridized carbons (Fsp3) is 0.421. The first kappa shape index (κ1) is 18.0. The minimum absolute atomic E-state index is 0.0422. The fourth-order valence-corrected chi connectivity index (χ4v) is 3.07. The maximum Gasteiger partial charge on any atom is 0.257 e. The molecule has 1 amide bonds. The van der Waals surface area contributed by atoms with Crippen LogP contribution in [0.15, 0.2) is 30.5 Å². The van der Waals surface area contributed by atoms with Gasteiger partial charge in [-0.15, -0.1) is 0 Å². The maximum atomic E-state index is 12.9. The molecule has 0 aliphatic carbocycles. The van der Waals surface area contributed by atoms with Gasteiger partial charge in [-0.25, -0.2) is 4.98 Å². The summed E-state index contributed by atoms with van der Waals surface area (Å²) in [6.45, 7) is 3.07.